The second kappa shape index (κ2) is 2.96. The van der Waals surface area contributed by atoms with Crippen LogP contribution in [-0.4, -0.2) is 13.1 Å². The van der Waals surface area contributed by atoms with Crippen LogP contribution < -0.4 is 5.32 Å². The molecule has 1 fully saturated rings. The summed E-state index contributed by atoms with van der Waals surface area (Å²) in [6, 6.07) is 6.09. The first-order valence-corrected chi connectivity index (χ1v) is 5.32. The lowest BCUT2D eigenvalue weighted by molar-refractivity contribution is -0.0218. The fraction of sp³-hybridized carbons (Fsp3) is 0.455. The lowest BCUT2D eigenvalue weighted by Gasteiger charge is -2.22. The Morgan fingerprint density at radius 2 is 2.36 bits per heavy atom. The summed E-state index contributed by atoms with van der Waals surface area (Å²) in [4.78, 5) is 0. The van der Waals surface area contributed by atoms with Crippen molar-refractivity contribution in [2.45, 2.75) is 18.6 Å². The van der Waals surface area contributed by atoms with Gasteiger partial charge in [0.25, 0.3) is 0 Å². The normalized spacial score (nSPS) is 29.8. The Labute approximate surface area is 88.2 Å². The molecule has 0 bridgehead atoms. The largest absolute Gasteiger partial charge is 0.364 e. The van der Waals surface area contributed by atoms with Gasteiger partial charge in [0, 0.05) is 17.1 Å². The highest BCUT2D eigenvalue weighted by molar-refractivity contribution is 6.31. The molecular weight excluding hydrogens is 198 g/mol. The summed E-state index contributed by atoms with van der Waals surface area (Å²) < 4.78 is 5.91. The molecule has 0 aromatic heterocycles. The molecule has 2 aliphatic rings. The van der Waals surface area contributed by atoms with Gasteiger partial charge in [-0.2, -0.15) is 0 Å². The molecule has 0 amide bonds. The van der Waals surface area contributed by atoms with Gasteiger partial charge in [0.2, 0.25) is 0 Å². The summed E-state index contributed by atoms with van der Waals surface area (Å²) in [5.74, 6) is 0. The van der Waals surface area contributed by atoms with Crippen LogP contribution in [0, 0.1) is 0 Å². The van der Waals surface area contributed by atoms with Crippen LogP contribution in [0.25, 0.3) is 0 Å². The Hall–Kier alpha value is -0.570. The standard InChI is InChI=1S/C11H12ClNO/c12-10-3-1-2-9-8(10)6-14-11(9)4-5-13-7-11/h1-3,13H,4-7H2. The molecule has 1 atom stereocenters. The average Bonchev–Trinajstić information content (AvgIpc) is 2.78. The van der Waals surface area contributed by atoms with E-state index in [0.29, 0.717) is 6.61 Å². The van der Waals surface area contributed by atoms with E-state index in [-0.39, 0.29) is 5.60 Å². The summed E-state index contributed by atoms with van der Waals surface area (Å²) >= 11 is 6.13. The van der Waals surface area contributed by atoms with Gasteiger partial charge in [0.15, 0.2) is 0 Å². The molecule has 1 saturated heterocycles. The van der Waals surface area contributed by atoms with E-state index in [1.54, 1.807) is 0 Å². The first kappa shape index (κ1) is 8.72. The summed E-state index contributed by atoms with van der Waals surface area (Å²) in [6.45, 7) is 2.61. The molecule has 3 heteroatoms. The second-order valence-electron chi connectivity index (χ2n) is 3.98. The van der Waals surface area contributed by atoms with Crippen molar-refractivity contribution in [2.75, 3.05) is 13.1 Å². The number of nitrogens with one attached hydrogen (secondary N) is 1. The molecule has 1 N–H and O–H groups in total. The highest BCUT2D eigenvalue weighted by Gasteiger charge is 2.42. The topological polar surface area (TPSA) is 21.3 Å². The fourth-order valence-electron chi connectivity index (χ4n) is 2.44. The van der Waals surface area contributed by atoms with Gasteiger partial charge in [0.05, 0.1) is 6.61 Å². The molecule has 2 aliphatic heterocycles. The summed E-state index contributed by atoms with van der Waals surface area (Å²) in [5.41, 5.74) is 2.38. The van der Waals surface area contributed by atoms with Gasteiger partial charge in [0.1, 0.15) is 5.60 Å². The summed E-state index contributed by atoms with van der Waals surface area (Å²) in [5, 5.41) is 4.19. The minimum absolute atomic E-state index is 0.0831. The van der Waals surface area contributed by atoms with Gasteiger partial charge in [-0.25, -0.2) is 0 Å². The fourth-order valence-corrected chi connectivity index (χ4v) is 2.67. The Morgan fingerprint density at radius 1 is 1.43 bits per heavy atom. The highest BCUT2D eigenvalue weighted by Crippen LogP contribution is 2.42. The van der Waals surface area contributed by atoms with Crippen LogP contribution in [-0.2, 0) is 16.9 Å². The van der Waals surface area contributed by atoms with E-state index >= 15 is 0 Å². The van der Waals surface area contributed by atoms with Crippen molar-refractivity contribution >= 4 is 11.6 Å². The SMILES string of the molecule is Clc1cccc2c1COC21CCNC1. The molecular formula is C11H12ClNO. The van der Waals surface area contributed by atoms with Crippen molar-refractivity contribution in [1.29, 1.82) is 0 Å². The van der Waals surface area contributed by atoms with Gasteiger partial charge < -0.3 is 10.1 Å². The van der Waals surface area contributed by atoms with E-state index in [0.717, 1.165) is 24.5 Å². The predicted octanol–water partition coefficient (Wildman–Crippen LogP) is 2.06. The minimum Gasteiger partial charge on any atom is -0.364 e. The van der Waals surface area contributed by atoms with E-state index in [4.69, 9.17) is 16.3 Å². The van der Waals surface area contributed by atoms with E-state index in [1.807, 2.05) is 12.1 Å². The summed E-state index contributed by atoms with van der Waals surface area (Å²) in [6.07, 6.45) is 1.06. The van der Waals surface area contributed by atoms with Crippen LogP contribution in [0.1, 0.15) is 17.5 Å². The molecule has 74 valence electrons. The Bertz CT molecular complexity index is 372. The number of halogens is 1. The molecule has 0 radical (unpaired) electrons. The maximum atomic E-state index is 6.13. The van der Waals surface area contributed by atoms with Crippen molar-refractivity contribution in [1.82, 2.24) is 5.32 Å². The van der Waals surface area contributed by atoms with Gasteiger partial charge in [-0.15, -0.1) is 0 Å². The van der Waals surface area contributed by atoms with Crippen molar-refractivity contribution in [3.8, 4) is 0 Å². The number of hydrogen-bond donors (Lipinski definition) is 1. The first-order chi connectivity index (χ1) is 6.82. The van der Waals surface area contributed by atoms with Gasteiger partial charge in [-0.05, 0) is 24.6 Å². The van der Waals surface area contributed by atoms with Crippen molar-refractivity contribution in [3.63, 3.8) is 0 Å². The molecule has 2 nitrogen and oxygen atoms in total. The third-order valence-electron chi connectivity index (χ3n) is 3.22. The second-order valence-corrected chi connectivity index (χ2v) is 4.38. The first-order valence-electron chi connectivity index (χ1n) is 4.94. The van der Waals surface area contributed by atoms with Gasteiger partial charge in [-0.3, -0.25) is 0 Å². The third-order valence-corrected chi connectivity index (χ3v) is 3.57. The van der Waals surface area contributed by atoms with Gasteiger partial charge in [-0.1, -0.05) is 23.7 Å². The molecule has 14 heavy (non-hydrogen) atoms. The van der Waals surface area contributed by atoms with Crippen LogP contribution in [0.5, 0.6) is 0 Å². The Morgan fingerprint density at radius 3 is 3.14 bits per heavy atom. The van der Waals surface area contributed by atoms with Crippen molar-refractivity contribution in [3.05, 3.63) is 34.3 Å². The maximum Gasteiger partial charge on any atom is 0.108 e. The quantitative estimate of drug-likeness (QED) is 0.706. The Kier molecular flexibility index (Phi) is 1.84. The monoisotopic (exact) mass is 209 g/mol. The molecule has 2 heterocycles. The molecule has 1 spiro atoms. The molecule has 1 aromatic rings. The average molecular weight is 210 g/mol. The van der Waals surface area contributed by atoms with E-state index in [1.165, 1.54) is 11.1 Å². The van der Waals surface area contributed by atoms with E-state index in [9.17, 15) is 0 Å². The van der Waals surface area contributed by atoms with Crippen LogP contribution in [0.15, 0.2) is 18.2 Å². The molecule has 3 rings (SSSR count). The van der Waals surface area contributed by atoms with Crippen LogP contribution >= 0.6 is 11.6 Å². The lowest BCUT2D eigenvalue weighted by Crippen LogP contribution is -2.27. The molecule has 1 aromatic carbocycles. The maximum absolute atomic E-state index is 6.13. The zero-order valence-corrected chi connectivity index (χ0v) is 8.60. The van der Waals surface area contributed by atoms with Crippen LogP contribution in [0.2, 0.25) is 5.02 Å². The van der Waals surface area contributed by atoms with Gasteiger partial charge >= 0.3 is 0 Å². The number of fused-ring (bicyclic) bond motifs is 2. The van der Waals surface area contributed by atoms with Crippen molar-refractivity contribution < 1.29 is 4.74 Å². The predicted molar refractivity (Wildman–Crippen MR) is 55.4 cm³/mol. The minimum atomic E-state index is -0.0831. The Balaban J connectivity index is 2.14. The molecule has 1 unspecified atom stereocenters. The van der Waals surface area contributed by atoms with E-state index in [2.05, 4.69) is 11.4 Å². The zero-order chi connectivity index (χ0) is 9.60. The van der Waals surface area contributed by atoms with Crippen LogP contribution in [0.4, 0.5) is 0 Å². The van der Waals surface area contributed by atoms with E-state index < -0.39 is 0 Å². The van der Waals surface area contributed by atoms with Crippen molar-refractivity contribution in [2.24, 2.45) is 0 Å². The van der Waals surface area contributed by atoms with Crippen LogP contribution in [0.3, 0.4) is 0 Å². The smallest absolute Gasteiger partial charge is 0.108 e. The number of ether oxygens (including phenoxy) is 1. The molecule has 0 saturated carbocycles. The lowest BCUT2D eigenvalue weighted by atomic mass is 9.92. The highest BCUT2D eigenvalue weighted by atomic mass is 35.5. The molecule has 0 aliphatic carbocycles. The number of rotatable bonds is 0. The number of benzene rings is 1. The summed E-state index contributed by atoms with van der Waals surface area (Å²) in [7, 11) is 0. The zero-order valence-electron chi connectivity index (χ0n) is 7.85. The third kappa shape index (κ3) is 1.05. The number of hydrogen-bond acceptors (Lipinski definition) is 2.